The van der Waals surface area contributed by atoms with Gasteiger partial charge in [-0.3, -0.25) is 0 Å². The summed E-state index contributed by atoms with van der Waals surface area (Å²) in [6.07, 6.45) is 0. The second kappa shape index (κ2) is 11.1. The Morgan fingerprint density at radius 3 is 1.00 bits per heavy atom. The summed E-state index contributed by atoms with van der Waals surface area (Å²) in [7, 11) is 0. The van der Waals surface area contributed by atoms with E-state index in [9.17, 15) is 0 Å². The molecule has 0 unspecified atom stereocenters. The van der Waals surface area contributed by atoms with Crippen LogP contribution in [0.4, 0.5) is 17.1 Å². The van der Waals surface area contributed by atoms with Crippen LogP contribution in [-0.2, 0) is 21.7 Å². The number of fused-ring (bicyclic) bond motifs is 10. The van der Waals surface area contributed by atoms with Crippen molar-refractivity contribution in [1.82, 2.24) is 0 Å². The summed E-state index contributed by atoms with van der Waals surface area (Å²) in [5.74, 6) is 0. The third kappa shape index (κ3) is 4.89. The zero-order valence-corrected chi connectivity index (χ0v) is 31.1. The molecule has 50 heavy (non-hydrogen) atoms. The Morgan fingerprint density at radius 1 is 0.340 bits per heavy atom. The maximum Gasteiger partial charge on any atom is 0.0726 e. The van der Waals surface area contributed by atoms with E-state index < -0.39 is 5.41 Å². The lowest BCUT2D eigenvalue weighted by atomic mass is 9.68. The first-order chi connectivity index (χ1) is 23.7. The summed E-state index contributed by atoms with van der Waals surface area (Å²) >= 11 is 0. The summed E-state index contributed by atoms with van der Waals surface area (Å²) in [4.78, 5) is 2.41. The van der Waals surface area contributed by atoms with Gasteiger partial charge in [-0.15, -0.1) is 0 Å². The van der Waals surface area contributed by atoms with Gasteiger partial charge in [-0.2, -0.15) is 0 Å². The lowest BCUT2D eigenvalue weighted by Crippen LogP contribution is -2.28. The van der Waals surface area contributed by atoms with E-state index >= 15 is 0 Å². The van der Waals surface area contributed by atoms with Gasteiger partial charge in [0.2, 0.25) is 0 Å². The fourth-order valence-electron chi connectivity index (χ4n) is 8.36. The second-order valence-corrected chi connectivity index (χ2v) is 17.5. The molecule has 0 saturated heterocycles. The normalized spacial score (nSPS) is 14.3. The van der Waals surface area contributed by atoms with Gasteiger partial charge in [0.15, 0.2) is 0 Å². The van der Waals surface area contributed by atoms with Gasteiger partial charge >= 0.3 is 0 Å². The molecule has 0 radical (unpaired) electrons. The number of anilines is 3. The highest BCUT2D eigenvalue weighted by Gasteiger charge is 2.53. The summed E-state index contributed by atoms with van der Waals surface area (Å²) in [5.41, 5.74) is 18.1. The van der Waals surface area contributed by atoms with E-state index in [-0.39, 0.29) is 16.2 Å². The Bertz CT molecular complexity index is 2110. The van der Waals surface area contributed by atoms with Crippen molar-refractivity contribution < 1.29 is 0 Å². The zero-order chi connectivity index (χ0) is 35.2. The highest BCUT2D eigenvalue weighted by atomic mass is 15.1. The molecule has 0 amide bonds. The predicted molar refractivity (Wildman–Crippen MR) is 214 cm³/mol. The van der Waals surface area contributed by atoms with E-state index in [1.165, 1.54) is 66.9 Å². The Hall–Kier alpha value is -4.88. The molecule has 250 valence electrons. The zero-order valence-electron chi connectivity index (χ0n) is 31.1. The van der Waals surface area contributed by atoms with Crippen molar-refractivity contribution in [3.8, 4) is 22.3 Å². The molecule has 1 heteroatoms. The van der Waals surface area contributed by atoms with Crippen LogP contribution in [0.25, 0.3) is 22.3 Å². The van der Waals surface area contributed by atoms with Crippen molar-refractivity contribution in [1.29, 1.82) is 0 Å². The number of rotatable bonds is 3. The van der Waals surface area contributed by atoms with Crippen LogP contribution in [0.2, 0.25) is 0 Å². The topological polar surface area (TPSA) is 3.24 Å². The van der Waals surface area contributed by atoms with Crippen LogP contribution in [0.3, 0.4) is 0 Å². The van der Waals surface area contributed by atoms with Crippen LogP contribution in [0.15, 0.2) is 133 Å². The minimum atomic E-state index is -0.464. The van der Waals surface area contributed by atoms with Crippen molar-refractivity contribution in [3.63, 3.8) is 0 Å². The summed E-state index contributed by atoms with van der Waals surface area (Å²) in [5, 5.41) is 0. The molecule has 0 saturated carbocycles. The third-order valence-corrected chi connectivity index (χ3v) is 11.1. The minimum Gasteiger partial charge on any atom is -0.310 e. The number of nitrogens with zero attached hydrogens (tertiary/aromatic N) is 1. The second-order valence-electron chi connectivity index (χ2n) is 17.5. The molecule has 6 aromatic rings. The molecular weight excluding hydrogens is 603 g/mol. The Kier molecular flexibility index (Phi) is 7.15. The van der Waals surface area contributed by atoms with Gasteiger partial charge in [0.05, 0.1) is 5.41 Å². The number of para-hydroxylation sites is 2. The number of hydrogen-bond acceptors (Lipinski definition) is 1. The fraction of sp³-hybridized carbons (Fsp3) is 0.265. The number of hydrogen-bond donors (Lipinski definition) is 0. The van der Waals surface area contributed by atoms with Gasteiger partial charge in [0.1, 0.15) is 0 Å². The molecule has 8 rings (SSSR count). The van der Waals surface area contributed by atoms with Crippen LogP contribution in [0.1, 0.15) is 101 Å². The molecule has 0 fully saturated rings. The number of benzene rings is 6. The van der Waals surface area contributed by atoms with E-state index in [0.717, 1.165) is 11.4 Å². The van der Waals surface area contributed by atoms with Crippen LogP contribution < -0.4 is 4.90 Å². The van der Waals surface area contributed by atoms with Gasteiger partial charge in [0.25, 0.3) is 0 Å². The van der Waals surface area contributed by atoms with Gasteiger partial charge < -0.3 is 4.90 Å². The summed E-state index contributed by atoms with van der Waals surface area (Å²) < 4.78 is 0. The van der Waals surface area contributed by atoms with Crippen molar-refractivity contribution in [3.05, 3.63) is 172 Å². The quantitative estimate of drug-likeness (QED) is 0.184. The van der Waals surface area contributed by atoms with E-state index in [2.05, 4.69) is 201 Å². The molecule has 0 bridgehead atoms. The molecule has 1 nitrogen and oxygen atoms in total. The molecule has 0 N–H and O–H groups in total. The molecule has 1 spiro atoms. The third-order valence-electron chi connectivity index (χ3n) is 11.1. The average molecular weight is 652 g/mol. The molecular formula is C49H49N. The maximum atomic E-state index is 2.55. The van der Waals surface area contributed by atoms with E-state index in [1.54, 1.807) is 0 Å². The van der Waals surface area contributed by atoms with Crippen molar-refractivity contribution in [2.45, 2.75) is 84.0 Å². The summed E-state index contributed by atoms with van der Waals surface area (Å²) in [6.45, 7) is 21.0. The predicted octanol–water partition coefficient (Wildman–Crippen LogP) is 13.4. The largest absolute Gasteiger partial charge is 0.310 e. The Morgan fingerprint density at radius 2 is 0.660 bits per heavy atom. The van der Waals surface area contributed by atoms with Crippen LogP contribution in [0.5, 0.6) is 0 Å². The van der Waals surface area contributed by atoms with Crippen LogP contribution in [0, 0.1) is 0 Å². The maximum absolute atomic E-state index is 2.55. The lowest BCUT2D eigenvalue weighted by Gasteiger charge is -2.34. The van der Waals surface area contributed by atoms with Crippen molar-refractivity contribution in [2.24, 2.45) is 0 Å². The Labute approximate surface area is 299 Å². The molecule has 2 aliphatic carbocycles. The fourth-order valence-corrected chi connectivity index (χ4v) is 8.36. The molecule has 0 aromatic heterocycles. The van der Waals surface area contributed by atoms with E-state index in [1.807, 2.05) is 0 Å². The minimum absolute atomic E-state index is 0.0123. The molecule has 2 aliphatic rings. The Balaban J connectivity index is 1.51. The first kappa shape index (κ1) is 32.3. The van der Waals surface area contributed by atoms with Crippen LogP contribution in [-0.4, -0.2) is 0 Å². The summed E-state index contributed by atoms with van der Waals surface area (Å²) in [6, 6.07) is 50.8. The van der Waals surface area contributed by atoms with E-state index in [4.69, 9.17) is 0 Å². The van der Waals surface area contributed by atoms with Gasteiger partial charge in [-0.05, 0) is 114 Å². The standard InChI is InChI=1S/C49H49N/c1-46(2,3)32-20-24-38-39-25-21-33(47(4,5)6)29-43(39)49(42(38)28-32)44-30-34(48(7,8)9)22-26-40(44)41-27-23-37(31-45(41)49)50(35-16-12-10-13-17-35)36-18-14-11-15-19-36/h10-31H,1-9H3. The van der Waals surface area contributed by atoms with Crippen molar-refractivity contribution >= 4 is 17.1 Å². The smallest absolute Gasteiger partial charge is 0.0726 e. The lowest BCUT2D eigenvalue weighted by molar-refractivity contribution is 0.584. The van der Waals surface area contributed by atoms with Gasteiger partial charge in [-0.1, -0.05) is 159 Å². The average Bonchev–Trinajstić information content (AvgIpc) is 3.54. The highest BCUT2D eigenvalue weighted by molar-refractivity contribution is 5.96. The molecule has 6 aromatic carbocycles. The van der Waals surface area contributed by atoms with E-state index in [0.29, 0.717) is 0 Å². The molecule has 0 atom stereocenters. The highest BCUT2D eigenvalue weighted by Crippen LogP contribution is 2.64. The van der Waals surface area contributed by atoms with Gasteiger partial charge in [0, 0.05) is 17.1 Å². The monoisotopic (exact) mass is 651 g/mol. The first-order valence-corrected chi connectivity index (χ1v) is 18.2. The van der Waals surface area contributed by atoms with Crippen molar-refractivity contribution in [2.75, 3.05) is 4.90 Å². The first-order valence-electron chi connectivity index (χ1n) is 18.2. The molecule has 0 aliphatic heterocycles. The molecule has 0 heterocycles. The van der Waals surface area contributed by atoms with Gasteiger partial charge in [-0.25, -0.2) is 0 Å². The van der Waals surface area contributed by atoms with Crippen LogP contribution >= 0.6 is 0 Å². The SMILES string of the molecule is CC(C)(C)c1ccc2c(c1)C1(c3cc(N(c4ccccc4)c4ccccc4)ccc3-2)c2cc(C(C)(C)C)ccc2-c2ccc(C(C)(C)C)cc21.